The topological polar surface area (TPSA) is 84.8 Å². The summed E-state index contributed by atoms with van der Waals surface area (Å²) >= 11 is 0. The zero-order valence-corrected chi connectivity index (χ0v) is 22.1. The third-order valence-electron chi connectivity index (χ3n) is 8.41. The van der Waals surface area contributed by atoms with Crippen LogP contribution in [0.2, 0.25) is 0 Å². The normalized spacial score (nSPS) is 36.6. The predicted molar refractivity (Wildman–Crippen MR) is 134 cm³/mol. The minimum absolute atomic E-state index is 0.236. The molecule has 0 aromatic carbocycles. The van der Waals surface area contributed by atoms with Crippen LogP contribution in [0, 0.1) is 5.92 Å². The van der Waals surface area contributed by atoms with E-state index >= 15 is 0 Å². The first-order chi connectivity index (χ1) is 17.3. The summed E-state index contributed by atoms with van der Waals surface area (Å²) in [5.74, 6) is -1.35. The van der Waals surface area contributed by atoms with E-state index in [1.165, 1.54) is 20.0 Å². The molecule has 8 nitrogen and oxygen atoms in total. The van der Waals surface area contributed by atoms with E-state index in [0.29, 0.717) is 12.8 Å². The van der Waals surface area contributed by atoms with Gasteiger partial charge in [-0.05, 0) is 38.0 Å². The molecule has 0 unspecified atom stereocenters. The van der Waals surface area contributed by atoms with Crippen molar-refractivity contribution in [1.82, 2.24) is 0 Å². The Kier molecular flexibility index (Phi) is 7.63. The molecule has 36 heavy (non-hydrogen) atoms. The third kappa shape index (κ3) is 4.92. The molecule has 5 rings (SSSR count). The van der Waals surface area contributed by atoms with Gasteiger partial charge in [0.25, 0.3) is 0 Å². The van der Waals surface area contributed by atoms with Gasteiger partial charge in [-0.25, -0.2) is 4.79 Å². The highest BCUT2D eigenvalue weighted by atomic mass is 16.9. The number of hydrogen-bond acceptors (Lipinski definition) is 8. The lowest BCUT2D eigenvalue weighted by Crippen LogP contribution is -2.55. The summed E-state index contributed by atoms with van der Waals surface area (Å²) < 4.78 is 38.1. The van der Waals surface area contributed by atoms with E-state index in [1.807, 2.05) is 0 Å². The number of hydrogen-bond donors (Lipinski definition) is 0. The first kappa shape index (κ1) is 26.3. The van der Waals surface area contributed by atoms with E-state index in [0.717, 1.165) is 51.4 Å². The van der Waals surface area contributed by atoms with Crippen molar-refractivity contribution in [2.24, 2.45) is 10.9 Å². The van der Waals surface area contributed by atoms with Gasteiger partial charge >= 0.3 is 5.97 Å². The predicted octanol–water partition coefficient (Wildman–Crippen LogP) is 4.84. The zero-order valence-electron chi connectivity index (χ0n) is 22.1. The fourth-order valence-corrected chi connectivity index (χ4v) is 6.84. The Bertz CT molecular complexity index is 832. The van der Waals surface area contributed by atoms with Crippen molar-refractivity contribution >= 4 is 12.2 Å². The van der Waals surface area contributed by atoms with Gasteiger partial charge in [-0.3, -0.25) is 4.99 Å². The van der Waals surface area contributed by atoms with Crippen molar-refractivity contribution in [2.75, 3.05) is 7.11 Å². The van der Waals surface area contributed by atoms with Crippen molar-refractivity contribution in [3.8, 4) is 0 Å². The molecular formula is C28H43NO7. The van der Waals surface area contributed by atoms with Crippen LogP contribution in [-0.2, 0) is 33.2 Å². The third-order valence-corrected chi connectivity index (χ3v) is 8.41. The molecule has 2 spiro atoms. The molecule has 0 aromatic heterocycles. The molecule has 5 aliphatic rings. The van der Waals surface area contributed by atoms with Crippen LogP contribution in [0.1, 0.15) is 90.9 Å². The standard InChI is InChI=1S/C28H43NO7/c1-5-12-26(17-19(2)3,25(30)31-4)29-18-20-21-22(34-27(33-21)13-8-6-9-14-27)23-24(32-20)36-28(35-23)15-10-7-11-16-28/h5,18-24H,1,6-17H2,2-4H3/t20-,21+,22+,23-,24-,26-/m1/s1. The van der Waals surface area contributed by atoms with E-state index in [9.17, 15) is 4.79 Å². The van der Waals surface area contributed by atoms with Gasteiger partial charge in [0.05, 0.1) is 7.11 Å². The average molecular weight is 506 g/mol. The molecule has 2 saturated carbocycles. The molecule has 3 aliphatic heterocycles. The molecule has 0 bridgehead atoms. The lowest BCUT2D eigenvalue weighted by Gasteiger charge is -2.36. The fraction of sp³-hybridized carbons (Fsp3) is 0.857. The van der Waals surface area contributed by atoms with Gasteiger partial charge < -0.3 is 28.4 Å². The molecule has 6 atom stereocenters. The lowest BCUT2D eigenvalue weighted by molar-refractivity contribution is -0.240. The van der Waals surface area contributed by atoms with Crippen LogP contribution in [-0.4, -0.2) is 67.1 Å². The zero-order chi connectivity index (χ0) is 25.4. The summed E-state index contributed by atoms with van der Waals surface area (Å²) in [5.41, 5.74) is -1.06. The van der Waals surface area contributed by atoms with Gasteiger partial charge in [-0.15, -0.1) is 6.58 Å². The fourth-order valence-electron chi connectivity index (χ4n) is 6.84. The number of fused-ring (bicyclic) bond motifs is 3. The molecule has 0 aromatic rings. The second-order valence-electron chi connectivity index (χ2n) is 11.7. The maximum Gasteiger partial charge on any atom is 0.334 e. The molecule has 3 heterocycles. The maximum absolute atomic E-state index is 13.0. The summed E-state index contributed by atoms with van der Waals surface area (Å²) in [6.07, 6.45) is 12.4. The van der Waals surface area contributed by atoms with Crippen LogP contribution in [0.5, 0.6) is 0 Å². The lowest BCUT2D eigenvalue weighted by atomic mass is 9.86. The van der Waals surface area contributed by atoms with E-state index < -0.39 is 29.5 Å². The molecule has 202 valence electrons. The summed E-state index contributed by atoms with van der Waals surface area (Å²) in [6.45, 7) is 8.02. The van der Waals surface area contributed by atoms with Gasteiger partial charge in [0.2, 0.25) is 0 Å². The Morgan fingerprint density at radius 3 is 2.14 bits per heavy atom. The van der Waals surface area contributed by atoms with Crippen molar-refractivity contribution in [3.05, 3.63) is 12.7 Å². The highest BCUT2D eigenvalue weighted by molar-refractivity contribution is 5.84. The summed E-state index contributed by atoms with van der Waals surface area (Å²) in [7, 11) is 1.40. The van der Waals surface area contributed by atoms with Crippen LogP contribution in [0.25, 0.3) is 0 Å². The number of aliphatic imine (C=N–C) groups is 1. The number of carbonyl (C=O) groups excluding carboxylic acids is 1. The van der Waals surface area contributed by atoms with Crippen LogP contribution < -0.4 is 0 Å². The summed E-state index contributed by atoms with van der Waals surface area (Å²) in [6, 6.07) is 0. The minimum Gasteiger partial charge on any atom is -0.467 e. The van der Waals surface area contributed by atoms with Gasteiger partial charge in [0.15, 0.2) is 23.4 Å². The average Bonchev–Trinajstić information content (AvgIpc) is 3.40. The molecule has 0 radical (unpaired) electrons. The molecule has 0 N–H and O–H groups in total. The number of nitrogens with zero attached hydrogens (tertiary/aromatic N) is 1. The first-order valence-corrected chi connectivity index (χ1v) is 13.9. The van der Waals surface area contributed by atoms with E-state index in [4.69, 9.17) is 33.4 Å². The Hall–Kier alpha value is -1.32. The second-order valence-corrected chi connectivity index (χ2v) is 11.7. The number of rotatable bonds is 7. The highest BCUT2D eigenvalue weighted by Gasteiger charge is 2.63. The van der Waals surface area contributed by atoms with Crippen molar-refractivity contribution in [1.29, 1.82) is 0 Å². The Morgan fingerprint density at radius 2 is 1.56 bits per heavy atom. The Balaban J connectivity index is 1.44. The van der Waals surface area contributed by atoms with E-state index in [2.05, 4.69) is 20.4 Å². The van der Waals surface area contributed by atoms with Crippen LogP contribution in [0.4, 0.5) is 0 Å². The van der Waals surface area contributed by atoms with Crippen molar-refractivity contribution in [2.45, 2.75) is 139 Å². The second kappa shape index (κ2) is 10.4. The largest absolute Gasteiger partial charge is 0.467 e. The quantitative estimate of drug-likeness (QED) is 0.278. The maximum atomic E-state index is 13.0. The number of ether oxygens (including phenoxy) is 6. The van der Waals surface area contributed by atoms with E-state index in [-0.39, 0.29) is 30.2 Å². The van der Waals surface area contributed by atoms with Gasteiger partial charge in [0.1, 0.15) is 24.4 Å². The van der Waals surface area contributed by atoms with Gasteiger partial charge in [-0.1, -0.05) is 32.8 Å². The number of carbonyl (C=O) groups is 1. The number of methoxy groups -OCH3 is 1. The number of esters is 1. The molecule has 0 amide bonds. The first-order valence-electron chi connectivity index (χ1n) is 13.9. The SMILES string of the molecule is C=CC[C@](CC(C)C)(N=C[C@H]1O[C@@H]2OC3(CCCCC3)O[C@@H]2[C@H]2OC3(CCCCC3)O[C@H]21)C(=O)OC. The minimum atomic E-state index is -1.06. The van der Waals surface area contributed by atoms with Crippen LogP contribution >= 0.6 is 0 Å². The van der Waals surface area contributed by atoms with E-state index in [1.54, 1.807) is 12.3 Å². The molecule has 3 saturated heterocycles. The smallest absolute Gasteiger partial charge is 0.334 e. The van der Waals surface area contributed by atoms with Crippen LogP contribution in [0.15, 0.2) is 17.6 Å². The summed E-state index contributed by atoms with van der Waals surface area (Å²) in [5, 5.41) is 0. The molecular weight excluding hydrogens is 462 g/mol. The van der Waals surface area contributed by atoms with Gasteiger partial charge in [-0.2, -0.15) is 0 Å². The molecule has 8 heteroatoms. The Morgan fingerprint density at radius 1 is 0.972 bits per heavy atom. The summed E-state index contributed by atoms with van der Waals surface area (Å²) in [4.78, 5) is 17.8. The highest BCUT2D eigenvalue weighted by Crippen LogP contribution is 2.50. The van der Waals surface area contributed by atoms with Crippen molar-refractivity contribution in [3.63, 3.8) is 0 Å². The Labute approximate surface area is 215 Å². The monoisotopic (exact) mass is 505 g/mol. The van der Waals surface area contributed by atoms with Crippen LogP contribution in [0.3, 0.4) is 0 Å². The molecule has 5 fully saturated rings. The molecule has 2 aliphatic carbocycles. The van der Waals surface area contributed by atoms with Crippen molar-refractivity contribution < 1.29 is 33.2 Å². The van der Waals surface area contributed by atoms with Gasteiger partial charge in [0, 0.05) is 38.3 Å².